The quantitative estimate of drug-likeness (QED) is 0.527. The van der Waals surface area contributed by atoms with Crippen molar-refractivity contribution in [1.29, 1.82) is 0 Å². The molecule has 3 heterocycles. The zero-order chi connectivity index (χ0) is 24.5. The first-order chi connectivity index (χ1) is 16.9. The number of aromatic nitrogens is 2. The molecule has 0 radical (unpaired) electrons. The summed E-state index contributed by atoms with van der Waals surface area (Å²) in [5, 5.41) is 23.1. The monoisotopic (exact) mass is 491 g/mol. The molecule has 3 aromatic rings. The summed E-state index contributed by atoms with van der Waals surface area (Å²) >= 11 is 1.54. The SMILES string of the molecule is Cc1nnc(-c2cccc([C@@H](CN3CCC(O)C3)N(C)C(=O)Cc3ccc4c(c3)NC(=O)C4)c2)s1. The predicted octanol–water partition coefficient (Wildman–Crippen LogP) is 2.82. The topological polar surface area (TPSA) is 98.7 Å². The number of aliphatic hydroxyl groups excluding tert-OH is 1. The van der Waals surface area contributed by atoms with Crippen molar-refractivity contribution in [3.8, 4) is 10.6 Å². The summed E-state index contributed by atoms with van der Waals surface area (Å²) in [7, 11) is 1.84. The highest BCUT2D eigenvalue weighted by Gasteiger charge is 2.29. The fourth-order valence-corrected chi connectivity index (χ4v) is 5.50. The molecule has 0 spiro atoms. The highest BCUT2D eigenvalue weighted by molar-refractivity contribution is 7.14. The Kier molecular flexibility index (Phi) is 6.64. The van der Waals surface area contributed by atoms with Crippen molar-refractivity contribution in [2.75, 3.05) is 32.0 Å². The Morgan fingerprint density at radius 2 is 2.14 bits per heavy atom. The van der Waals surface area contributed by atoms with E-state index in [2.05, 4.69) is 26.5 Å². The third-order valence-electron chi connectivity index (χ3n) is 6.74. The van der Waals surface area contributed by atoms with E-state index in [0.717, 1.165) is 50.9 Å². The summed E-state index contributed by atoms with van der Waals surface area (Å²) in [6, 6.07) is 13.7. The van der Waals surface area contributed by atoms with Crippen molar-refractivity contribution in [2.24, 2.45) is 0 Å². The van der Waals surface area contributed by atoms with E-state index < -0.39 is 0 Å². The van der Waals surface area contributed by atoms with Crippen molar-refractivity contribution < 1.29 is 14.7 Å². The van der Waals surface area contributed by atoms with Gasteiger partial charge in [0.25, 0.3) is 0 Å². The molecule has 8 nitrogen and oxygen atoms in total. The van der Waals surface area contributed by atoms with Crippen molar-refractivity contribution >= 4 is 28.8 Å². The Labute approximate surface area is 208 Å². The number of hydrogen-bond donors (Lipinski definition) is 2. The molecule has 2 aliphatic rings. The van der Waals surface area contributed by atoms with Gasteiger partial charge in [-0.1, -0.05) is 41.7 Å². The van der Waals surface area contributed by atoms with Gasteiger partial charge >= 0.3 is 0 Å². The first-order valence-corrected chi connectivity index (χ1v) is 12.7. The number of carbonyl (C=O) groups excluding carboxylic acids is 2. The Balaban J connectivity index is 1.39. The molecule has 9 heteroatoms. The van der Waals surface area contributed by atoms with E-state index >= 15 is 0 Å². The Morgan fingerprint density at radius 3 is 2.89 bits per heavy atom. The summed E-state index contributed by atoms with van der Waals surface area (Å²) in [6.45, 7) is 3.99. The van der Waals surface area contributed by atoms with Crippen LogP contribution in [0.1, 0.15) is 34.2 Å². The first kappa shape index (κ1) is 23.6. The second-order valence-corrected chi connectivity index (χ2v) is 10.5. The van der Waals surface area contributed by atoms with Gasteiger partial charge in [0.05, 0.1) is 25.0 Å². The van der Waals surface area contributed by atoms with Crippen LogP contribution in [0.3, 0.4) is 0 Å². The molecule has 0 bridgehead atoms. The van der Waals surface area contributed by atoms with E-state index in [0.29, 0.717) is 19.5 Å². The molecule has 2 atom stereocenters. The molecule has 1 aromatic heterocycles. The molecular weight excluding hydrogens is 462 g/mol. The van der Waals surface area contributed by atoms with Gasteiger partial charge in [-0.3, -0.25) is 14.5 Å². The molecule has 2 aromatic carbocycles. The molecule has 1 unspecified atom stereocenters. The number of rotatable bonds is 7. The Morgan fingerprint density at radius 1 is 1.29 bits per heavy atom. The number of hydrogen-bond acceptors (Lipinski definition) is 7. The van der Waals surface area contributed by atoms with Crippen LogP contribution in [0.4, 0.5) is 5.69 Å². The number of likely N-dealkylation sites (N-methyl/N-ethyl adjacent to an activating group) is 1. The van der Waals surface area contributed by atoms with Crippen LogP contribution in [0.2, 0.25) is 0 Å². The first-order valence-electron chi connectivity index (χ1n) is 11.8. The molecular formula is C26H29N5O3S. The lowest BCUT2D eigenvalue weighted by Crippen LogP contribution is -2.39. The van der Waals surface area contributed by atoms with Crippen molar-refractivity contribution in [3.63, 3.8) is 0 Å². The standard InChI is InChI=1S/C26H29N5O3S/c1-16-28-29-26(35-16)20-5-3-4-19(12-20)23(15-31-9-8-21(32)14-31)30(2)25(34)11-17-6-7-18-13-24(33)27-22(18)10-17/h3-7,10,12,21,23,32H,8-9,11,13-15H2,1-2H3,(H,27,33)/t21?,23-/m1/s1. The van der Waals surface area contributed by atoms with E-state index in [4.69, 9.17) is 0 Å². The molecule has 0 aliphatic carbocycles. The average Bonchev–Trinajstić information content (AvgIpc) is 3.56. The van der Waals surface area contributed by atoms with Gasteiger partial charge in [-0.25, -0.2) is 0 Å². The molecule has 35 heavy (non-hydrogen) atoms. The number of carbonyl (C=O) groups is 2. The molecule has 2 amide bonds. The number of anilines is 1. The average molecular weight is 492 g/mol. The fraction of sp³-hybridized carbons (Fsp3) is 0.385. The second-order valence-electron chi connectivity index (χ2n) is 9.37. The number of nitrogens with zero attached hydrogens (tertiary/aromatic N) is 4. The summed E-state index contributed by atoms with van der Waals surface area (Å²) < 4.78 is 0. The largest absolute Gasteiger partial charge is 0.392 e. The van der Waals surface area contributed by atoms with E-state index in [9.17, 15) is 14.7 Å². The molecule has 0 saturated carbocycles. The van der Waals surface area contributed by atoms with Crippen LogP contribution in [0.15, 0.2) is 42.5 Å². The molecule has 182 valence electrons. The Bertz CT molecular complexity index is 1260. The third-order valence-corrected chi connectivity index (χ3v) is 7.63. The van der Waals surface area contributed by atoms with Crippen LogP contribution in [-0.4, -0.2) is 69.7 Å². The highest BCUT2D eigenvalue weighted by atomic mass is 32.1. The van der Waals surface area contributed by atoms with Gasteiger partial charge in [0.15, 0.2) is 0 Å². The van der Waals surface area contributed by atoms with E-state index in [-0.39, 0.29) is 30.4 Å². The summed E-state index contributed by atoms with van der Waals surface area (Å²) in [4.78, 5) is 29.1. The number of aryl methyl sites for hydroxylation is 1. The van der Waals surface area contributed by atoms with E-state index in [1.54, 1.807) is 16.2 Å². The van der Waals surface area contributed by atoms with Gasteiger partial charge in [0, 0.05) is 37.9 Å². The van der Waals surface area contributed by atoms with Gasteiger partial charge in [-0.05, 0) is 42.2 Å². The number of benzene rings is 2. The predicted molar refractivity (Wildman–Crippen MR) is 135 cm³/mol. The normalized spacial score (nSPS) is 18.4. The summed E-state index contributed by atoms with van der Waals surface area (Å²) in [5.74, 6) is -0.0184. The number of aliphatic hydroxyl groups is 1. The molecule has 2 aliphatic heterocycles. The van der Waals surface area contributed by atoms with Crippen LogP contribution in [0.25, 0.3) is 10.6 Å². The lowest BCUT2D eigenvalue weighted by Gasteiger charge is -2.32. The highest BCUT2D eigenvalue weighted by Crippen LogP contribution is 2.30. The zero-order valence-electron chi connectivity index (χ0n) is 19.9. The van der Waals surface area contributed by atoms with Crippen LogP contribution in [0, 0.1) is 6.92 Å². The van der Waals surface area contributed by atoms with E-state index in [1.165, 1.54) is 0 Å². The van der Waals surface area contributed by atoms with Crippen LogP contribution in [0.5, 0.6) is 0 Å². The maximum absolute atomic E-state index is 13.4. The zero-order valence-corrected chi connectivity index (χ0v) is 20.7. The number of likely N-dealkylation sites (tertiary alicyclic amines) is 1. The second kappa shape index (κ2) is 9.85. The summed E-state index contributed by atoms with van der Waals surface area (Å²) in [5.41, 5.74) is 4.64. The Hall–Kier alpha value is -3.14. The van der Waals surface area contributed by atoms with Crippen molar-refractivity contribution in [2.45, 2.75) is 38.3 Å². The number of fused-ring (bicyclic) bond motifs is 1. The van der Waals surface area contributed by atoms with Gasteiger partial charge in [0.2, 0.25) is 11.8 Å². The number of nitrogens with one attached hydrogen (secondary N) is 1. The van der Waals surface area contributed by atoms with E-state index in [1.807, 2.05) is 50.4 Å². The van der Waals surface area contributed by atoms with Gasteiger partial charge < -0.3 is 15.3 Å². The molecule has 1 fully saturated rings. The smallest absolute Gasteiger partial charge is 0.228 e. The summed E-state index contributed by atoms with van der Waals surface area (Å²) in [6.07, 6.45) is 1.05. The molecule has 5 rings (SSSR count). The lowest BCUT2D eigenvalue weighted by molar-refractivity contribution is -0.131. The molecule has 2 N–H and O–H groups in total. The lowest BCUT2D eigenvalue weighted by atomic mass is 10.0. The molecule has 1 saturated heterocycles. The minimum absolute atomic E-state index is 0.00354. The van der Waals surface area contributed by atoms with Gasteiger partial charge in [-0.2, -0.15) is 0 Å². The van der Waals surface area contributed by atoms with Crippen LogP contribution in [-0.2, 0) is 22.4 Å². The number of β-amino-alcohol motifs (C(OH)–C–C–N with tert-alkyl or cyclic N) is 1. The van der Waals surface area contributed by atoms with Crippen molar-refractivity contribution in [3.05, 3.63) is 64.2 Å². The van der Waals surface area contributed by atoms with Gasteiger partial charge in [0.1, 0.15) is 10.0 Å². The van der Waals surface area contributed by atoms with Crippen LogP contribution < -0.4 is 5.32 Å². The maximum Gasteiger partial charge on any atom is 0.228 e. The fourth-order valence-electron chi connectivity index (χ4n) is 4.81. The van der Waals surface area contributed by atoms with Gasteiger partial charge in [-0.15, -0.1) is 10.2 Å². The minimum Gasteiger partial charge on any atom is -0.392 e. The number of amides is 2. The maximum atomic E-state index is 13.4. The third kappa shape index (κ3) is 5.27. The minimum atomic E-state index is -0.325. The van der Waals surface area contributed by atoms with Crippen molar-refractivity contribution in [1.82, 2.24) is 20.0 Å². The van der Waals surface area contributed by atoms with Crippen LogP contribution >= 0.6 is 11.3 Å².